The van der Waals surface area contributed by atoms with Crippen LogP contribution in [0.2, 0.25) is 5.02 Å². The van der Waals surface area contributed by atoms with Crippen molar-refractivity contribution in [3.63, 3.8) is 0 Å². The number of para-hydroxylation sites is 2. The summed E-state index contributed by atoms with van der Waals surface area (Å²) in [5, 5.41) is 7.60. The van der Waals surface area contributed by atoms with E-state index < -0.39 is 0 Å². The van der Waals surface area contributed by atoms with Gasteiger partial charge in [-0.05, 0) is 37.3 Å². The molecule has 23 heavy (non-hydrogen) atoms. The van der Waals surface area contributed by atoms with Crippen molar-refractivity contribution in [2.24, 2.45) is 5.92 Å². The molecule has 1 aromatic heterocycles. The number of anilines is 2. The lowest BCUT2D eigenvalue weighted by Crippen LogP contribution is -2.33. The van der Waals surface area contributed by atoms with E-state index in [0.29, 0.717) is 11.1 Å². The molecule has 1 saturated carbocycles. The third-order valence-electron chi connectivity index (χ3n) is 4.80. The summed E-state index contributed by atoms with van der Waals surface area (Å²) < 4.78 is 1.54. The normalized spacial score (nSPS) is 22.6. The molecule has 0 spiro atoms. The van der Waals surface area contributed by atoms with Crippen LogP contribution in [0.25, 0.3) is 0 Å². The third-order valence-corrected chi connectivity index (χ3v) is 5.00. The Labute approximate surface area is 140 Å². The van der Waals surface area contributed by atoms with Crippen LogP contribution in [-0.4, -0.2) is 28.3 Å². The minimum Gasteiger partial charge on any atom is -0.367 e. The first-order valence-electron chi connectivity index (χ1n) is 8.02. The van der Waals surface area contributed by atoms with Crippen molar-refractivity contribution in [2.75, 3.05) is 16.8 Å². The number of aromatic nitrogens is 2. The van der Waals surface area contributed by atoms with Crippen LogP contribution in [0.1, 0.15) is 19.3 Å². The molecule has 2 bridgehead atoms. The number of nitrogens with one attached hydrogen (secondary N) is 1. The zero-order chi connectivity index (χ0) is 15.8. The molecular weight excluding hydrogens is 312 g/mol. The Morgan fingerprint density at radius 3 is 2.91 bits per heavy atom. The van der Waals surface area contributed by atoms with Crippen LogP contribution in [0, 0.1) is 5.92 Å². The molecule has 2 aliphatic rings. The Kier molecular flexibility index (Phi) is 3.73. The fourth-order valence-corrected chi connectivity index (χ4v) is 3.97. The van der Waals surface area contributed by atoms with E-state index in [2.05, 4.69) is 21.4 Å². The van der Waals surface area contributed by atoms with Gasteiger partial charge in [-0.2, -0.15) is 5.10 Å². The lowest BCUT2D eigenvalue weighted by Gasteiger charge is -2.31. The smallest absolute Gasteiger partial charge is 0.246 e. The molecule has 5 nitrogen and oxygen atoms in total. The monoisotopic (exact) mass is 330 g/mol. The highest BCUT2D eigenvalue weighted by Gasteiger charge is 2.38. The van der Waals surface area contributed by atoms with Crippen molar-refractivity contribution in [3.05, 3.63) is 41.7 Å². The summed E-state index contributed by atoms with van der Waals surface area (Å²) in [5.74, 6) is 0.719. The van der Waals surface area contributed by atoms with Crippen LogP contribution in [0.15, 0.2) is 36.7 Å². The molecule has 2 heterocycles. The summed E-state index contributed by atoms with van der Waals surface area (Å²) in [6.07, 6.45) is 7.07. The SMILES string of the molecule is O=C(Cn1cc(Cl)cn1)Nc1ccccc1N1C[C@H]2CC[C@H]1C2. The Morgan fingerprint density at radius 1 is 1.35 bits per heavy atom. The quantitative estimate of drug-likeness (QED) is 0.936. The molecule has 1 N–H and O–H groups in total. The van der Waals surface area contributed by atoms with Gasteiger partial charge >= 0.3 is 0 Å². The lowest BCUT2D eigenvalue weighted by molar-refractivity contribution is -0.116. The summed E-state index contributed by atoms with van der Waals surface area (Å²) in [5.41, 5.74) is 2.01. The molecule has 120 valence electrons. The van der Waals surface area contributed by atoms with Gasteiger partial charge in [-0.15, -0.1) is 0 Å². The highest BCUT2D eigenvalue weighted by molar-refractivity contribution is 6.30. The maximum Gasteiger partial charge on any atom is 0.246 e. The summed E-state index contributed by atoms with van der Waals surface area (Å²) in [6, 6.07) is 8.68. The summed E-state index contributed by atoms with van der Waals surface area (Å²) in [4.78, 5) is 14.7. The van der Waals surface area contributed by atoms with E-state index in [1.54, 1.807) is 6.20 Å². The molecule has 2 fully saturated rings. The Balaban J connectivity index is 1.49. The van der Waals surface area contributed by atoms with Crippen molar-refractivity contribution in [1.82, 2.24) is 9.78 Å². The minimum atomic E-state index is -0.0958. The molecule has 0 unspecified atom stereocenters. The second kappa shape index (κ2) is 5.89. The molecule has 2 aromatic rings. The molecule has 1 aliphatic heterocycles. The standard InChI is InChI=1S/C17H19ClN4O/c18-13-8-19-21(10-13)11-17(23)20-15-3-1-2-4-16(15)22-9-12-5-6-14(22)7-12/h1-4,8,10,12,14H,5-7,9,11H2,(H,20,23)/t12-,14-/m0/s1. The summed E-state index contributed by atoms with van der Waals surface area (Å²) in [7, 11) is 0. The van der Waals surface area contributed by atoms with E-state index in [9.17, 15) is 4.79 Å². The average Bonchev–Trinajstić information content (AvgIpc) is 3.25. The number of carbonyl (C=O) groups excluding carboxylic acids is 1. The second-order valence-electron chi connectivity index (χ2n) is 6.41. The van der Waals surface area contributed by atoms with Gasteiger partial charge in [0.25, 0.3) is 0 Å². The number of hydrogen-bond acceptors (Lipinski definition) is 3. The fourth-order valence-electron chi connectivity index (χ4n) is 3.81. The van der Waals surface area contributed by atoms with Crippen molar-refractivity contribution in [2.45, 2.75) is 31.8 Å². The molecule has 1 saturated heterocycles. The summed E-state index contributed by atoms with van der Waals surface area (Å²) >= 11 is 5.83. The zero-order valence-corrected chi connectivity index (χ0v) is 13.5. The van der Waals surface area contributed by atoms with Crippen LogP contribution < -0.4 is 10.2 Å². The van der Waals surface area contributed by atoms with Gasteiger partial charge in [0.15, 0.2) is 0 Å². The van der Waals surface area contributed by atoms with Gasteiger partial charge in [0.05, 0.1) is 22.6 Å². The van der Waals surface area contributed by atoms with Crippen molar-refractivity contribution < 1.29 is 4.79 Å². The largest absolute Gasteiger partial charge is 0.367 e. The number of benzene rings is 1. The number of fused-ring (bicyclic) bond motifs is 2. The Hall–Kier alpha value is -2.01. The lowest BCUT2D eigenvalue weighted by atomic mass is 10.1. The van der Waals surface area contributed by atoms with Crippen LogP contribution in [-0.2, 0) is 11.3 Å². The molecule has 4 rings (SSSR count). The van der Waals surface area contributed by atoms with Gasteiger partial charge in [-0.1, -0.05) is 23.7 Å². The topological polar surface area (TPSA) is 50.2 Å². The summed E-state index contributed by atoms with van der Waals surface area (Å²) in [6.45, 7) is 1.26. The van der Waals surface area contributed by atoms with E-state index in [4.69, 9.17) is 11.6 Å². The van der Waals surface area contributed by atoms with Gasteiger partial charge in [-0.3, -0.25) is 9.48 Å². The predicted molar refractivity (Wildman–Crippen MR) is 90.8 cm³/mol. The first-order valence-corrected chi connectivity index (χ1v) is 8.40. The molecule has 1 aromatic carbocycles. The number of nitrogens with zero attached hydrogens (tertiary/aromatic N) is 3. The van der Waals surface area contributed by atoms with Crippen LogP contribution in [0.3, 0.4) is 0 Å². The fraction of sp³-hybridized carbons (Fsp3) is 0.412. The van der Waals surface area contributed by atoms with E-state index in [1.807, 2.05) is 18.2 Å². The van der Waals surface area contributed by atoms with Crippen LogP contribution in [0.5, 0.6) is 0 Å². The molecule has 1 amide bonds. The second-order valence-corrected chi connectivity index (χ2v) is 6.84. The first-order chi connectivity index (χ1) is 11.2. The maximum absolute atomic E-state index is 12.3. The van der Waals surface area contributed by atoms with Crippen LogP contribution in [0.4, 0.5) is 11.4 Å². The first kappa shape index (κ1) is 14.6. The van der Waals surface area contributed by atoms with Gasteiger partial charge in [0, 0.05) is 18.8 Å². The third kappa shape index (κ3) is 2.93. The maximum atomic E-state index is 12.3. The molecular formula is C17H19ClN4O. The van der Waals surface area contributed by atoms with Gasteiger partial charge < -0.3 is 10.2 Å². The number of carbonyl (C=O) groups is 1. The number of hydrogen-bond donors (Lipinski definition) is 1. The Morgan fingerprint density at radius 2 is 2.22 bits per heavy atom. The molecule has 1 aliphatic carbocycles. The van der Waals surface area contributed by atoms with Crippen LogP contribution >= 0.6 is 11.6 Å². The number of piperidine rings is 1. The predicted octanol–water partition coefficient (Wildman–Crippen LogP) is 3.16. The number of rotatable bonds is 4. The molecule has 0 radical (unpaired) electrons. The minimum absolute atomic E-state index is 0.0958. The zero-order valence-electron chi connectivity index (χ0n) is 12.8. The number of halogens is 1. The highest BCUT2D eigenvalue weighted by atomic mass is 35.5. The van der Waals surface area contributed by atoms with E-state index in [1.165, 1.54) is 30.1 Å². The Bertz CT molecular complexity index is 729. The van der Waals surface area contributed by atoms with Gasteiger partial charge in [-0.25, -0.2) is 0 Å². The van der Waals surface area contributed by atoms with Crippen molar-refractivity contribution in [3.8, 4) is 0 Å². The van der Waals surface area contributed by atoms with Gasteiger partial charge in [0.2, 0.25) is 5.91 Å². The van der Waals surface area contributed by atoms with Crippen molar-refractivity contribution >= 4 is 28.9 Å². The average molecular weight is 331 g/mol. The van der Waals surface area contributed by atoms with E-state index >= 15 is 0 Å². The van der Waals surface area contributed by atoms with E-state index in [-0.39, 0.29) is 12.5 Å². The van der Waals surface area contributed by atoms with Gasteiger partial charge in [0.1, 0.15) is 6.54 Å². The molecule has 2 atom stereocenters. The highest BCUT2D eigenvalue weighted by Crippen LogP contribution is 2.42. The van der Waals surface area contributed by atoms with E-state index in [0.717, 1.165) is 23.8 Å². The molecule has 6 heteroatoms. The van der Waals surface area contributed by atoms with Crippen molar-refractivity contribution in [1.29, 1.82) is 0 Å². The number of amides is 1.